The molecule has 0 aliphatic heterocycles. The van der Waals surface area contributed by atoms with Gasteiger partial charge in [-0.1, -0.05) is 23.2 Å². The summed E-state index contributed by atoms with van der Waals surface area (Å²) < 4.78 is 5.09. The molecule has 0 saturated carbocycles. The van der Waals surface area contributed by atoms with Gasteiger partial charge in [0, 0.05) is 9.92 Å². The molecule has 2 amide bonds. The molecule has 0 spiro atoms. The Kier molecular flexibility index (Phi) is 6.83. The van der Waals surface area contributed by atoms with Crippen molar-refractivity contribution in [2.45, 2.75) is 11.4 Å². The van der Waals surface area contributed by atoms with E-state index in [1.165, 1.54) is 18.0 Å². The maximum Gasteiger partial charge on any atom is 0.239 e. The number of carbonyl (C=O) groups excluding carboxylic acids is 2. The molecule has 23 heavy (non-hydrogen) atoms. The standard InChI is InChI=1S/C15H14Cl2N2O3S/c16-10-3-4-12(17)13(6-10)23-9-15(21)19-8-14(20)18-7-11-2-1-5-22-11/h1-6H,7-9H2,(H,18,20)(H,19,21). The van der Waals surface area contributed by atoms with Crippen molar-refractivity contribution in [2.75, 3.05) is 12.3 Å². The van der Waals surface area contributed by atoms with E-state index in [4.69, 9.17) is 27.6 Å². The summed E-state index contributed by atoms with van der Waals surface area (Å²) in [6.45, 7) is 0.192. The Labute approximate surface area is 147 Å². The number of carbonyl (C=O) groups is 2. The summed E-state index contributed by atoms with van der Waals surface area (Å²) in [6, 6.07) is 8.53. The Balaban J connectivity index is 1.68. The fourth-order valence-electron chi connectivity index (χ4n) is 1.62. The normalized spacial score (nSPS) is 10.3. The van der Waals surface area contributed by atoms with Gasteiger partial charge in [-0.05, 0) is 30.3 Å². The fraction of sp³-hybridized carbons (Fsp3) is 0.200. The first kappa shape index (κ1) is 17.7. The summed E-state index contributed by atoms with van der Waals surface area (Å²) in [5.41, 5.74) is 0. The monoisotopic (exact) mass is 372 g/mol. The summed E-state index contributed by atoms with van der Waals surface area (Å²) in [6.07, 6.45) is 1.53. The van der Waals surface area contributed by atoms with Crippen LogP contribution < -0.4 is 10.6 Å². The molecule has 0 fully saturated rings. The van der Waals surface area contributed by atoms with Crippen LogP contribution in [-0.2, 0) is 16.1 Å². The summed E-state index contributed by atoms with van der Waals surface area (Å²) in [5.74, 6) is 0.237. The Morgan fingerprint density at radius 2 is 1.96 bits per heavy atom. The van der Waals surface area contributed by atoms with E-state index in [1.54, 1.807) is 30.3 Å². The highest BCUT2D eigenvalue weighted by atomic mass is 35.5. The largest absolute Gasteiger partial charge is 0.467 e. The zero-order chi connectivity index (χ0) is 16.7. The van der Waals surface area contributed by atoms with Crippen LogP contribution in [0, 0.1) is 0 Å². The van der Waals surface area contributed by atoms with Gasteiger partial charge in [-0.2, -0.15) is 0 Å². The Morgan fingerprint density at radius 3 is 2.70 bits per heavy atom. The third-order valence-electron chi connectivity index (χ3n) is 2.74. The van der Waals surface area contributed by atoms with Crippen LogP contribution in [0.4, 0.5) is 0 Å². The van der Waals surface area contributed by atoms with Crippen LogP contribution in [0.2, 0.25) is 10.0 Å². The molecule has 0 atom stereocenters. The molecular formula is C15H14Cl2N2O3S. The molecule has 8 heteroatoms. The molecule has 2 aromatic rings. The van der Waals surface area contributed by atoms with E-state index in [2.05, 4.69) is 10.6 Å². The first-order valence-electron chi connectivity index (χ1n) is 6.68. The second-order valence-corrected chi connectivity index (χ2v) is 6.36. The van der Waals surface area contributed by atoms with Gasteiger partial charge in [0.25, 0.3) is 0 Å². The third kappa shape index (κ3) is 6.17. The quantitative estimate of drug-likeness (QED) is 0.732. The van der Waals surface area contributed by atoms with Gasteiger partial charge in [0.05, 0.1) is 30.1 Å². The van der Waals surface area contributed by atoms with Crippen molar-refractivity contribution in [3.05, 3.63) is 52.4 Å². The maximum atomic E-state index is 11.7. The predicted octanol–water partition coefficient (Wildman–Crippen LogP) is 3.11. The molecule has 1 aromatic heterocycles. The third-order valence-corrected chi connectivity index (χ3v) is 4.47. The Hall–Kier alpha value is -1.63. The van der Waals surface area contributed by atoms with Crippen LogP contribution in [0.15, 0.2) is 45.9 Å². The van der Waals surface area contributed by atoms with E-state index in [1.807, 2.05) is 0 Å². The van der Waals surface area contributed by atoms with Crippen molar-refractivity contribution in [2.24, 2.45) is 0 Å². The van der Waals surface area contributed by atoms with Crippen LogP contribution in [0.1, 0.15) is 5.76 Å². The van der Waals surface area contributed by atoms with Gasteiger partial charge < -0.3 is 15.1 Å². The van der Waals surface area contributed by atoms with Crippen LogP contribution >= 0.6 is 35.0 Å². The minimum atomic E-state index is -0.291. The molecule has 122 valence electrons. The number of nitrogens with one attached hydrogen (secondary N) is 2. The van der Waals surface area contributed by atoms with Gasteiger partial charge >= 0.3 is 0 Å². The molecule has 2 rings (SSSR count). The van der Waals surface area contributed by atoms with E-state index in [-0.39, 0.29) is 30.7 Å². The second-order valence-electron chi connectivity index (χ2n) is 4.50. The predicted molar refractivity (Wildman–Crippen MR) is 90.8 cm³/mol. The zero-order valence-electron chi connectivity index (χ0n) is 12.0. The van der Waals surface area contributed by atoms with Crippen molar-refractivity contribution in [1.82, 2.24) is 10.6 Å². The van der Waals surface area contributed by atoms with Crippen LogP contribution in [0.5, 0.6) is 0 Å². The number of hydrogen-bond donors (Lipinski definition) is 2. The Bertz CT molecular complexity index is 677. The van der Waals surface area contributed by atoms with Gasteiger partial charge in [0.2, 0.25) is 11.8 Å². The van der Waals surface area contributed by atoms with Crippen molar-refractivity contribution >= 4 is 46.8 Å². The molecule has 0 unspecified atom stereocenters. The number of amides is 2. The number of furan rings is 1. The van der Waals surface area contributed by atoms with Gasteiger partial charge in [0.1, 0.15) is 5.76 Å². The molecule has 0 aliphatic carbocycles. The first-order chi connectivity index (χ1) is 11.0. The summed E-state index contributed by atoms with van der Waals surface area (Å²) in [4.78, 5) is 24.1. The summed E-state index contributed by atoms with van der Waals surface area (Å²) >= 11 is 13.1. The van der Waals surface area contributed by atoms with Gasteiger partial charge in [-0.25, -0.2) is 0 Å². The molecular weight excluding hydrogens is 359 g/mol. The van der Waals surface area contributed by atoms with Crippen molar-refractivity contribution in [1.29, 1.82) is 0 Å². The smallest absolute Gasteiger partial charge is 0.239 e. The average molecular weight is 373 g/mol. The fourth-order valence-corrected chi connectivity index (χ4v) is 2.95. The number of benzene rings is 1. The highest BCUT2D eigenvalue weighted by Crippen LogP contribution is 2.29. The molecule has 0 radical (unpaired) electrons. The molecule has 1 aromatic carbocycles. The second kappa shape index (κ2) is 8.86. The molecule has 1 heterocycles. The van der Waals surface area contributed by atoms with Crippen LogP contribution in [0.3, 0.4) is 0 Å². The SMILES string of the molecule is O=C(CNC(=O)CSc1cc(Cl)ccc1Cl)NCc1ccco1. The topological polar surface area (TPSA) is 71.3 Å². The lowest BCUT2D eigenvalue weighted by molar-refractivity contribution is -0.124. The number of rotatable bonds is 7. The number of halogens is 2. The average Bonchev–Trinajstić information content (AvgIpc) is 3.05. The highest BCUT2D eigenvalue weighted by Gasteiger charge is 2.09. The van der Waals surface area contributed by atoms with Crippen LogP contribution in [-0.4, -0.2) is 24.1 Å². The molecule has 2 N–H and O–H groups in total. The lowest BCUT2D eigenvalue weighted by Gasteiger charge is -2.07. The van der Waals surface area contributed by atoms with E-state index in [0.29, 0.717) is 15.8 Å². The Morgan fingerprint density at radius 1 is 1.13 bits per heavy atom. The van der Waals surface area contributed by atoms with E-state index >= 15 is 0 Å². The van der Waals surface area contributed by atoms with Crippen molar-refractivity contribution < 1.29 is 14.0 Å². The summed E-state index contributed by atoms with van der Waals surface area (Å²) in [7, 11) is 0. The first-order valence-corrected chi connectivity index (χ1v) is 8.42. The highest BCUT2D eigenvalue weighted by molar-refractivity contribution is 8.00. The van der Waals surface area contributed by atoms with Crippen LogP contribution in [0.25, 0.3) is 0 Å². The minimum Gasteiger partial charge on any atom is -0.467 e. The van der Waals surface area contributed by atoms with Crippen molar-refractivity contribution in [3.63, 3.8) is 0 Å². The zero-order valence-corrected chi connectivity index (χ0v) is 14.3. The van der Waals surface area contributed by atoms with Crippen molar-refractivity contribution in [3.8, 4) is 0 Å². The lowest BCUT2D eigenvalue weighted by Crippen LogP contribution is -2.37. The van der Waals surface area contributed by atoms with E-state index < -0.39 is 0 Å². The van der Waals surface area contributed by atoms with Gasteiger partial charge in [-0.3, -0.25) is 9.59 Å². The molecule has 0 saturated heterocycles. The van der Waals surface area contributed by atoms with E-state index in [0.717, 1.165) is 4.90 Å². The number of hydrogen-bond acceptors (Lipinski definition) is 4. The minimum absolute atomic E-state index is 0.0939. The lowest BCUT2D eigenvalue weighted by atomic mass is 10.4. The maximum absolute atomic E-state index is 11.7. The van der Waals surface area contributed by atoms with Gasteiger partial charge in [0.15, 0.2) is 0 Å². The summed E-state index contributed by atoms with van der Waals surface area (Å²) in [5, 5.41) is 6.26. The van der Waals surface area contributed by atoms with Gasteiger partial charge in [-0.15, -0.1) is 11.8 Å². The molecule has 0 bridgehead atoms. The van der Waals surface area contributed by atoms with E-state index in [9.17, 15) is 9.59 Å². The molecule has 0 aliphatic rings. The number of thioether (sulfide) groups is 1. The molecule has 5 nitrogen and oxygen atoms in total.